The van der Waals surface area contributed by atoms with Crippen LogP contribution < -0.4 is 5.32 Å². The number of rotatable bonds is 4. The van der Waals surface area contributed by atoms with Crippen LogP contribution in [0.3, 0.4) is 0 Å². The smallest absolute Gasteiger partial charge is 0.306 e. The van der Waals surface area contributed by atoms with Gasteiger partial charge in [-0.05, 0) is 18.8 Å². The molecule has 1 saturated carbocycles. The molecule has 0 aliphatic heterocycles. The zero-order valence-electron chi connectivity index (χ0n) is 9.06. The molecule has 2 rings (SSSR count). The van der Waals surface area contributed by atoms with E-state index in [2.05, 4.69) is 10.3 Å². The lowest BCUT2D eigenvalue weighted by Gasteiger charge is -2.28. The van der Waals surface area contributed by atoms with Crippen LogP contribution in [0.5, 0.6) is 0 Å². The van der Waals surface area contributed by atoms with Gasteiger partial charge in [0, 0.05) is 18.1 Å². The van der Waals surface area contributed by atoms with Crippen LogP contribution in [-0.4, -0.2) is 22.6 Å². The SMILES string of the molecule is O=C(O)C1CCCCC1CNc1nccs1. The number of hydrogen-bond donors (Lipinski definition) is 2. The molecule has 0 saturated heterocycles. The fourth-order valence-electron chi connectivity index (χ4n) is 2.31. The molecule has 0 bridgehead atoms. The van der Waals surface area contributed by atoms with Gasteiger partial charge in [-0.25, -0.2) is 4.98 Å². The lowest BCUT2D eigenvalue weighted by Crippen LogP contribution is -2.31. The van der Waals surface area contributed by atoms with Crippen molar-refractivity contribution in [1.82, 2.24) is 4.98 Å². The molecule has 1 aliphatic carbocycles. The molecule has 5 heteroatoms. The van der Waals surface area contributed by atoms with Gasteiger partial charge in [-0.1, -0.05) is 12.8 Å². The molecule has 1 heterocycles. The average Bonchev–Trinajstić information content (AvgIpc) is 2.79. The maximum atomic E-state index is 11.1. The van der Waals surface area contributed by atoms with Gasteiger partial charge in [0.15, 0.2) is 5.13 Å². The second kappa shape index (κ2) is 5.30. The number of carbonyl (C=O) groups is 1. The van der Waals surface area contributed by atoms with Gasteiger partial charge in [-0.2, -0.15) is 0 Å². The maximum absolute atomic E-state index is 11.1. The molecule has 2 unspecified atom stereocenters. The molecule has 0 radical (unpaired) electrons. The first-order valence-electron chi connectivity index (χ1n) is 5.63. The summed E-state index contributed by atoms with van der Waals surface area (Å²) in [7, 11) is 0. The second-order valence-electron chi connectivity index (χ2n) is 4.21. The molecule has 1 fully saturated rings. The van der Waals surface area contributed by atoms with Crippen LogP contribution in [-0.2, 0) is 4.79 Å². The number of nitrogens with one attached hydrogen (secondary N) is 1. The molecule has 16 heavy (non-hydrogen) atoms. The van der Waals surface area contributed by atoms with Crippen molar-refractivity contribution in [3.05, 3.63) is 11.6 Å². The van der Waals surface area contributed by atoms with Gasteiger partial charge in [-0.15, -0.1) is 11.3 Å². The van der Waals surface area contributed by atoms with E-state index in [0.29, 0.717) is 0 Å². The van der Waals surface area contributed by atoms with Crippen LogP contribution in [0.2, 0.25) is 0 Å². The lowest BCUT2D eigenvalue weighted by molar-refractivity contribution is -0.144. The van der Waals surface area contributed by atoms with Crippen molar-refractivity contribution in [1.29, 1.82) is 0 Å². The Bertz CT molecular complexity index is 340. The Labute approximate surface area is 98.7 Å². The minimum atomic E-state index is -0.648. The Morgan fingerprint density at radius 1 is 1.56 bits per heavy atom. The predicted octanol–water partition coefficient (Wildman–Crippen LogP) is 2.45. The van der Waals surface area contributed by atoms with Crippen molar-refractivity contribution >= 4 is 22.4 Å². The van der Waals surface area contributed by atoms with Crippen molar-refractivity contribution in [2.24, 2.45) is 11.8 Å². The van der Waals surface area contributed by atoms with Crippen molar-refractivity contribution in [2.75, 3.05) is 11.9 Å². The van der Waals surface area contributed by atoms with Gasteiger partial charge >= 0.3 is 5.97 Å². The highest BCUT2D eigenvalue weighted by Crippen LogP contribution is 2.30. The number of carboxylic acids is 1. The van der Waals surface area contributed by atoms with Crippen molar-refractivity contribution < 1.29 is 9.90 Å². The molecule has 0 spiro atoms. The Hall–Kier alpha value is -1.10. The Kier molecular flexibility index (Phi) is 3.77. The number of anilines is 1. The van der Waals surface area contributed by atoms with Crippen LogP contribution in [0.25, 0.3) is 0 Å². The van der Waals surface area contributed by atoms with Crippen LogP contribution in [0.4, 0.5) is 5.13 Å². The van der Waals surface area contributed by atoms with Crippen LogP contribution >= 0.6 is 11.3 Å². The van der Waals surface area contributed by atoms with Crippen molar-refractivity contribution in [2.45, 2.75) is 25.7 Å². The summed E-state index contributed by atoms with van der Waals surface area (Å²) in [5, 5.41) is 15.1. The quantitative estimate of drug-likeness (QED) is 0.848. The summed E-state index contributed by atoms with van der Waals surface area (Å²) in [5.41, 5.74) is 0. The minimum Gasteiger partial charge on any atom is -0.481 e. The number of nitrogens with zero attached hydrogens (tertiary/aromatic N) is 1. The number of aliphatic carboxylic acids is 1. The molecular weight excluding hydrogens is 224 g/mol. The predicted molar refractivity (Wildman–Crippen MR) is 63.7 cm³/mol. The third kappa shape index (κ3) is 2.72. The standard InChI is InChI=1S/C11H16N2O2S/c14-10(15)9-4-2-1-3-8(9)7-13-11-12-5-6-16-11/h5-6,8-9H,1-4,7H2,(H,12,13)(H,14,15). The Morgan fingerprint density at radius 2 is 2.38 bits per heavy atom. The summed E-state index contributed by atoms with van der Waals surface area (Å²) < 4.78 is 0. The highest BCUT2D eigenvalue weighted by molar-refractivity contribution is 7.13. The zero-order valence-corrected chi connectivity index (χ0v) is 9.87. The van der Waals surface area contributed by atoms with Gasteiger partial charge in [0.1, 0.15) is 0 Å². The summed E-state index contributed by atoms with van der Waals surface area (Å²) in [4.78, 5) is 15.2. The van der Waals surface area contributed by atoms with E-state index >= 15 is 0 Å². The van der Waals surface area contributed by atoms with E-state index in [0.717, 1.165) is 37.4 Å². The number of carboxylic acid groups (broad SMARTS) is 1. The van der Waals surface area contributed by atoms with Gasteiger partial charge in [0.2, 0.25) is 0 Å². The largest absolute Gasteiger partial charge is 0.481 e. The average molecular weight is 240 g/mol. The second-order valence-corrected chi connectivity index (χ2v) is 5.10. The molecule has 1 aromatic heterocycles. The number of hydrogen-bond acceptors (Lipinski definition) is 4. The molecule has 2 atom stereocenters. The maximum Gasteiger partial charge on any atom is 0.306 e. The van der Waals surface area contributed by atoms with Crippen LogP contribution in [0.1, 0.15) is 25.7 Å². The minimum absolute atomic E-state index is 0.179. The van der Waals surface area contributed by atoms with E-state index < -0.39 is 5.97 Å². The lowest BCUT2D eigenvalue weighted by atomic mass is 9.79. The molecule has 0 amide bonds. The fourth-order valence-corrected chi connectivity index (χ4v) is 2.85. The van der Waals surface area contributed by atoms with Crippen molar-refractivity contribution in [3.8, 4) is 0 Å². The summed E-state index contributed by atoms with van der Waals surface area (Å²) in [6.07, 6.45) is 5.77. The normalized spacial score (nSPS) is 25.2. The van der Waals surface area contributed by atoms with E-state index in [1.807, 2.05) is 5.38 Å². The number of thiazole rings is 1. The van der Waals surface area contributed by atoms with Crippen LogP contribution in [0, 0.1) is 11.8 Å². The van der Waals surface area contributed by atoms with Gasteiger partial charge < -0.3 is 10.4 Å². The van der Waals surface area contributed by atoms with Gasteiger partial charge in [-0.3, -0.25) is 4.79 Å². The number of aromatic nitrogens is 1. The van der Waals surface area contributed by atoms with E-state index in [-0.39, 0.29) is 11.8 Å². The zero-order chi connectivity index (χ0) is 11.4. The van der Waals surface area contributed by atoms with Crippen molar-refractivity contribution in [3.63, 3.8) is 0 Å². The summed E-state index contributed by atoms with van der Waals surface area (Å²) in [6, 6.07) is 0. The Morgan fingerprint density at radius 3 is 3.06 bits per heavy atom. The first kappa shape index (κ1) is 11.4. The van der Waals surface area contributed by atoms with Gasteiger partial charge in [0.05, 0.1) is 5.92 Å². The fraction of sp³-hybridized carbons (Fsp3) is 0.636. The highest BCUT2D eigenvalue weighted by atomic mass is 32.1. The van der Waals surface area contributed by atoms with Gasteiger partial charge in [0.25, 0.3) is 0 Å². The Balaban J connectivity index is 1.89. The molecular formula is C11H16N2O2S. The topological polar surface area (TPSA) is 62.2 Å². The summed E-state index contributed by atoms with van der Waals surface area (Å²) >= 11 is 1.55. The highest BCUT2D eigenvalue weighted by Gasteiger charge is 2.30. The first-order valence-corrected chi connectivity index (χ1v) is 6.51. The summed E-state index contributed by atoms with van der Waals surface area (Å²) in [6.45, 7) is 0.727. The van der Waals surface area contributed by atoms with E-state index in [1.165, 1.54) is 0 Å². The monoisotopic (exact) mass is 240 g/mol. The van der Waals surface area contributed by atoms with E-state index in [1.54, 1.807) is 17.5 Å². The molecule has 0 aromatic carbocycles. The molecule has 4 nitrogen and oxygen atoms in total. The third-order valence-electron chi connectivity index (χ3n) is 3.17. The first-order chi connectivity index (χ1) is 7.77. The molecule has 2 N–H and O–H groups in total. The molecule has 1 aliphatic rings. The van der Waals surface area contributed by atoms with E-state index in [9.17, 15) is 4.79 Å². The summed E-state index contributed by atoms with van der Waals surface area (Å²) in [5.74, 6) is -0.581. The molecule has 88 valence electrons. The molecule has 1 aromatic rings. The van der Waals surface area contributed by atoms with E-state index in [4.69, 9.17) is 5.11 Å². The van der Waals surface area contributed by atoms with Crippen LogP contribution in [0.15, 0.2) is 11.6 Å². The third-order valence-corrected chi connectivity index (χ3v) is 3.90.